The van der Waals surface area contributed by atoms with E-state index in [-0.39, 0.29) is 11.7 Å². The SMILES string of the molecule is CN(C)C1CCN(c2ccc(CNC(=O)c3cccc4c3cnn4-c3ccc(F)cc3)cc2)CC1. The van der Waals surface area contributed by atoms with Crippen molar-refractivity contribution >= 4 is 22.5 Å². The highest BCUT2D eigenvalue weighted by Crippen LogP contribution is 2.24. The van der Waals surface area contributed by atoms with Crippen LogP contribution >= 0.6 is 0 Å². The molecule has 0 saturated carbocycles. The number of fused-ring (bicyclic) bond motifs is 1. The summed E-state index contributed by atoms with van der Waals surface area (Å²) in [7, 11) is 4.31. The molecule has 0 bridgehead atoms. The molecule has 5 rings (SSSR count). The number of carbonyl (C=O) groups is 1. The molecule has 6 nitrogen and oxygen atoms in total. The zero-order chi connectivity index (χ0) is 24.4. The van der Waals surface area contributed by atoms with Crippen molar-refractivity contribution in [3.05, 3.63) is 89.9 Å². The Labute approximate surface area is 205 Å². The van der Waals surface area contributed by atoms with Gasteiger partial charge >= 0.3 is 0 Å². The Balaban J connectivity index is 1.24. The van der Waals surface area contributed by atoms with Gasteiger partial charge in [-0.2, -0.15) is 5.10 Å². The van der Waals surface area contributed by atoms with E-state index in [0.29, 0.717) is 18.2 Å². The van der Waals surface area contributed by atoms with E-state index in [9.17, 15) is 9.18 Å². The lowest BCUT2D eigenvalue weighted by Gasteiger charge is -2.36. The second-order valence-corrected chi connectivity index (χ2v) is 9.30. The highest BCUT2D eigenvalue weighted by Gasteiger charge is 2.20. The summed E-state index contributed by atoms with van der Waals surface area (Å²) >= 11 is 0. The van der Waals surface area contributed by atoms with E-state index in [1.807, 2.05) is 12.1 Å². The normalized spacial score (nSPS) is 14.6. The van der Waals surface area contributed by atoms with Gasteiger partial charge in [-0.1, -0.05) is 18.2 Å². The number of hydrogen-bond donors (Lipinski definition) is 1. The molecule has 1 aromatic heterocycles. The van der Waals surface area contributed by atoms with Gasteiger partial charge < -0.3 is 15.1 Å². The van der Waals surface area contributed by atoms with Gasteiger partial charge in [0.1, 0.15) is 5.82 Å². The average Bonchev–Trinajstić information content (AvgIpc) is 3.32. The Kier molecular flexibility index (Phi) is 6.51. The van der Waals surface area contributed by atoms with Crippen LogP contribution in [-0.4, -0.2) is 53.8 Å². The van der Waals surface area contributed by atoms with E-state index < -0.39 is 0 Å². The number of nitrogens with one attached hydrogen (secondary N) is 1. The van der Waals surface area contributed by atoms with E-state index >= 15 is 0 Å². The second kappa shape index (κ2) is 9.88. The molecular weight excluding hydrogens is 441 g/mol. The molecule has 1 fully saturated rings. The fraction of sp³-hybridized carbons (Fsp3) is 0.286. The van der Waals surface area contributed by atoms with Crippen molar-refractivity contribution in [1.29, 1.82) is 0 Å². The van der Waals surface area contributed by atoms with Gasteiger partial charge in [-0.05, 0) is 81.0 Å². The van der Waals surface area contributed by atoms with E-state index in [1.54, 1.807) is 29.1 Å². The second-order valence-electron chi connectivity index (χ2n) is 9.30. The number of anilines is 1. The van der Waals surface area contributed by atoms with Crippen LogP contribution in [0.15, 0.2) is 72.9 Å². The van der Waals surface area contributed by atoms with Crippen molar-refractivity contribution in [2.75, 3.05) is 32.1 Å². The molecular formula is C28H30FN5O. The largest absolute Gasteiger partial charge is 0.371 e. The van der Waals surface area contributed by atoms with Crippen LogP contribution in [0.4, 0.5) is 10.1 Å². The van der Waals surface area contributed by atoms with Crippen LogP contribution in [0.3, 0.4) is 0 Å². The number of aromatic nitrogens is 2. The summed E-state index contributed by atoms with van der Waals surface area (Å²) in [4.78, 5) is 17.8. The zero-order valence-electron chi connectivity index (χ0n) is 20.1. The van der Waals surface area contributed by atoms with Crippen LogP contribution in [0.2, 0.25) is 0 Å². The fourth-order valence-electron chi connectivity index (χ4n) is 4.78. The number of piperidine rings is 1. The molecule has 2 heterocycles. The summed E-state index contributed by atoms with van der Waals surface area (Å²) in [5, 5.41) is 8.22. The monoisotopic (exact) mass is 471 g/mol. The third-order valence-corrected chi connectivity index (χ3v) is 6.88. The van der Waals surface area contributed by atoms with E-state index in [4.69, 9.17) is 0 Å². The summed E-state index contributed by atoms with van der Waals surface area (Å²) in [5.41, 5.74) is 4.39. The van der Waals surface area contributed by atoms with Crippen LogP contribution in [-0.2, 0) is 6.54 Å². The van der Waals surface area contributed by atoms with Crippen LogP contribution in [0.1, 0.15) is 28.8 Å². The first-order chi connectivity index (χ1) is 17.0. The Morgan fingerprint density at radius 3 is 2.37 bits per heavy atom. The smallest absolute Gasteiger partial charge is 0.252 e. The van der Waals surface area contributed by atoms with Crippen LogP contribution < -0.4 is 10.2 Å². The lowest BCUT2D eigenvalue weighted by Crippen LogP contribution is -2.41. The molecule has 180 valence electrons. The third kappa shape index (κ3) is 4.91. The van der Waals surface area contributed by atoms with Crippen molar-refractivity contribution in [1.82, 2.24) is 20.0 Å². The number of benzene rings is 3. The number of hydrogen-bond acceptors (Lipinski definition) is 4. The standard InChI is InChI=1S/C28H30FN5O/c1-32(2)22-14-16-33(17-15-22)23-10-6-20(7-11-23)18-30-28(35)25-4-3-5-27-26(25)19-31-34(27)24-12-8-21(29)9-13-24/h3-13,19,22H,14-18H2,1-2H3,(H,30,35). The van der Waals surface area contributed by atoms with Gasteiger partial charge in [0, 0.05) is 36.7 Å². The Hall–Kier alpha value is -3.71. The van der Waals surface area contributed by atoms with Crippen molar-refractivity contribution in [3.63, 3.8) is 0 Å². The van der Waals surface area contributed by atoms with Gasteiger partial charge in [-0.3, -0.25) is 4.79 Å². The maximum Gasteiger partial charge on any atom is 0.252 e. The fourth-order valence-corrected chi connectivity index (χ4v) is 4.78. The molecule has 3 aromatic carbocycles. The number of carbonyl (C=O) groups excluding carboxylic acids is 1. The minimum Gasteiger partial charge on any atom is -0.371 e. The number of amides is 1. The van der Waals surface area contributed by atoms with Gasteiger partial charge in [0.25, 0.3) is 5.91 Å². The van der Waals surface area contributed by atoms with Crippen LogP contribution in [0, 0.1) is 5.82 Å². The molecule has 0 atom stereocenters. The quantitative estimate of drug-likeness (QED) is 0.446. The van der Waals surface area contributed by atoms with Gasteiger partial charge in [0.15, 0.2) is 0 Å². The first-order valence-electron chi connectivity index (χ1n) is 12.0. The summed E-state index contributed by atoms with van der Waals surface area (Å²) in [6.45, 7) is 2.58. The maximum absolute atomic E-state index is 13.3. The molecule has 0 spiro atoms. The summed E-state index contributed by atoms with van der Waals surface area (Å²) in [5.74, 6) is -0.448. The molecule has 1 aliphatic heterocycles. The molecule has 0 aliphatic carbocycles. The van der Waals surface area contributed by atoms with Crippen LogP contribution in [0.25, 0.3) is 16.6 Å². The highest BCUT2D eigenvalue weighted by molar-refractivity contribution is 6.06. The molecule has 1 aliphatic rings. The summed E-state index contributed by atoms with van der Waals surface area (Å²) in [6.07, 6.45) is 4.03. The maximum atomic E-state index is 13.3. The van der Waals surface area contributed by atoms with Crippen molar-refractivity contribution in [3.8, 4) is 5.69 Å². The van der Waals surface area contributed by atoms with Crippen LogP contribution in [0.5, 0.6) is 0 Å². The predicted octanol–water partition coefficient (Wildman–Crippen LogP) is 4.63. The van der Waals surface area contributed by atoms with Crippen molar-refractivity contribution in [2.24, 2.45) is 0 Å². The Bertz CT molecular complexity index is 1310. The Morgan fingerprint density at radius 2 is 1.69 bits per heavy atom. The van der Waals surface area contributed by atoms with Gasteiger partial charge in [-0.15, -0.1) is 0 Å². The first kappa shape index (κ1) is 23.1. The van der Waals surface area contributed by atoms with E-state index in [1.165, 1.54) is 30.7 Å². The average molecular weight is 472 g/mol. The lowest BCUT2D eigenvalue weighted by atomic mass is 10.0. The lowest BCUT2D eigenvalue weighted by molar-refractivity contribution is 0.0952. The van der Waals surface area contributed by atoms with Crippen molar-refractivity contribution in [2.45, 2.75) is 25.4 Å². The Morgan fingerprint density at radius 1 is 1.00 bits per heavy atom. The van der Waals surface area contributed by atoms with Gasteiger partial charge in [0.05, 0.1) is 23.0 Å². The zero-order valence-corrected chi connectivity index (χ0v) is 20.1. The summed E-state index contributed by atoms with van der Waals surface area (Å²) < 4.78 is 15.0. The summed E-state index contributed by atoms with van der Waals surface area (Å²) in [6, 6.07) is 20.8. The molecule has 1 saturated heterocycles. The third-order valence-electron chi connectivity index (χ3n) is 6.88. The minimum absolute atomic E-state index is 0.149. The molecule has 0 unspecified atom stereocenters. The molecule has 1 amide bonds. The van der Waals surface area contributed by atoms with Crippen molar-refractivity contribution < 1.29 is 9.18 Å². The van der Waals surface area contributed by atoms with Gasteiger partial charge in [-0.25, -0.2) is 9.07 Å². The molecule has 0 radical (unpaired) electrons. The highest BCUT2D eigenvalue weighted by atomic mass is 19.1. The molecule has 35 heavy (non-hydrogen) atoms. The number of halogens is 1. The minimum atomic E-state index is -0.299. The van der Waals surface area contributed by atoms with E-state index in [0.717, 1.165) is 35.2 Å². The van der Waals surface area contributed by atoms with E-state index in [2.05, 4.69) is 58.6 Å². The molecule has 7 heteroatoms. The molecule has 4 aromatic rings. The topological polar surface area (TPSA) is 53.4 Å². The van der Waals surface area contributed by atoms with Gasteiger partial charge in [0.2, 0.25) is 0 Å². The number of nitrogens with zero attached hydrogens (tertiary/aromatic N) is 4. The molecule has 1 N–H and O–H groups in total. The predicted molar refractivity (Wildman–Crippen MR) is 138 cm³/mol. The first-order valence-corrected chi connectivity index (χ1v) is 12.0. The number of rotatable bonds is 6.